The summed E-state index contributed by atoms with van der Waals surface area (Å²) in [5.74, 6) is 0.709. The fourth-order valence-corrected chi connectivity index (χ4v) is 3.12. The summed E-state index contributed by atoms with van der Waals surface area (Å²) in [6, 6.07) is 3.87. The molecule has 106 valence electrons. The Morgan fingerprint density at radius 3 is 2.95 bits per heavy atom. The summed E-state index contributed by atoms with van der Waals surface area (Å²) in [7, 11) is 0. The van der Waals surface area contributed by atoms with E-state index in [1.807, 2.05) is 29.7 Å². The van der Waals surface area contributed by atoms with E-state index in [0.29, 0.717) is 12.3 Å². The minimum Gasteiger partial charge on any atom is -0.325 e. The van der Waals surface area contributed by atoms with E-state index in [9.17, 15) is 4.79 Å². The summed E-state index contributed by atoms with van der Waals surface area (Å²) in [6.07, 6.45) is 10.6. The molecule has 4 nitrogen and oxygen atoms in total. The van der Waals surface area contributed by atoms with Gasteiger partial charge in [0.05, 0.1) is 5.69 Å². The molecule has 1 N–H and O–H groups in total. The maximum Gasteiger partial charge on any atom is 0.224 e. The number of nitrogens with one attached hydrogen (secondary N) is 1. The molecular weight excluding hydrogens is 250 g/mol. The van der Waals surface area contributed by atoms with Crippen molar-refractivity contribution in [3.8, 4) is 0 Å². The van der Waals surface area contributed by atoms with Crippen molar-refractivity contribution in [1.29, 1.82) is 0 Å². The second kappa shape index (κ2) is 5.65. The van der Waals surface area contributed by atoms with Crippen LogP contribution in [0.4, 0.5) is 5.69 Å². The summed E-state index contributed by atoms with van der Waals surface area (Å²) in [6.45, 7) is 2.00. The van der Waals surface area contributed by atoms with Crippen LogP contribution in [0.1, 0.15) is 44.2 Å². The molecule has 20 heavy (non-hydrogen) atoms. The van der Waals surface area contributed by atoms with E-state index in [1.165, 1.54) is 32.1 Å². The number of hydrogen-bond donors (Lipinski definition) is 1. The molecular formula is C16H21N3O. The highest BCUT2D eigenvalue weighted by atomic mass is 16.1. The van der Waals surface area contributed by atoms with Crippen LogP contribution in [0.25, 0.3) is 5.65 Å². The zero-order valence-electron chi connectivity index (χ0n) is 11.9. The topological polar surface area (TPSA) is 46.4 Å². The molecule has 0 spiro atoms. The Balaban J connectivity index is 1.68. The zero-order valence-corrected chi connectivity index (χ0v) is 11.9. The third-order valence-electron chi connectivity index (χ3n) is 4.29. The quantitative estimate of drug-likeness (QED) is 0.928. The Hall–Kier alpha value is -1.84. The lowest BCUT2D eigenvalue weighted by Crippen LogP contribution is -2.19. The Morgan fingerprint density at radius 2 is 2.15 bits per heavy atom. The number of pyridine rings is 1. The first-order valence-electron chi connectivity index (χ1n) is 7.46. The molecule has 1 amide bonds. The number of amides is 1. The largest absolute Gasteiger partial charge is 0.325 e. The highest BCUT2D eigenvalue weighted by Gasteiger charge is 2.17. The average Bonchev–Trinajstić information content (AvgIpc) is 2.92. The minimum atomic E-state index is 0.138. The number of nitrogens with zero attached hydrogens (tertiary/aromatic N) is 2. The lowest BCUT2D eigenvalue weighted by Gasteiger charge is -2.21. The number of rotatable bonds is 3. The number of anilines is 1. The first-order valence-corrected chi connectivity index (χ1v) is 7.46. The SMILES string of the molecule is Cc1c(NC(=O)CC2CCCCC2)ccc2nccn12. The molecule has 0 saturated heterocycles. The molecule has 0 aliphatic heterocycles. The van der Waals surface area contributed by atoms with Gasteiger partial charge < -0.3 is 9.72 Å². The van der Waals surface area contributed by atoms with Crippen molar-refractivity contribution < 1.29 is 4.79 Å². The van der Waals surface area contributed by atoms with E-state index in [2.05, 4.69) is 10.3 Å². The second-order valence-electron chi connectivity index (χ2n) is 5.74. The third kappa shape index (κ3) is 2.69. The van der Waals surface area contributed by atoms with Gasteiger partial charge in [0.2, 0.25) is 5.91 Å². The van der Waals surface area contributed by atoms with Gasteiger partial charge in [-0.2, -0.15) is 0 Å². The van der Waals surface area contributed by atoms with Crippen LogP contribution >= 0.6 is 0 Å². The van der Waals surface area contributed by atoms with Crippen LogP contribution in [0.5, 0.6) is 0 Å². The van der Waals surface area contributed by atoms with Gasteiger partial charge in [-0.05, 0) is 37.8 Å². The summed E-state index contributed by atoms with van der Waals surface area (Å²) < 4.78 is 2.00. The molecule has 2 heterocycles. The highest BCUT2D eigenvalue weighted by Crippen LogP contribution is 2.27. The highest BCUT2D eigenvalue weighted by molar-refractivity contribution is 5.91. The van der Waals surface area contributed by atoms with Gasteiger partial charge in [0.1, 0.15) is 5.65 Å². The second-order valence-corrected chi connectivity index (χ2v) is 5.74. The van der Waals surface area contributed by atoms with Crippen molar-refractivity contribution in [3.63, 3.8) is 0 Å². The number of carbonyl (C=O) groups excluding carboxylic acids is 1. The summed E-state index contributed by atoms with van der Waals surface area (Å²) in [4.78, 5) is 16.4. The number of aromatic nitrogens is 2. The number of imidazole rings is 1. The van der Waals surface area contributed by atoms with Crippen molar-refractivity contribution in [2.75, 3.05) is 5.32 Å². The van der Waals surface area contributed by atoms with E-state index in [1.54, 1.807) is 6.20 Å². The molecule has 1 saturated carbocycles. The van der Waals surface area contributed by atoms with Crippen LogP contribution < -0.4 is 5.32 Å². The molecule has 1 fully saturated rings. The van der Waals surface area contributed by atoms with Crippen molar-refractivity contribution in [2.45, 2.75) is 45.4 Å². The van der Waals surface area contributed by atoms with Crippen LogP contribution in [0.2, 0.25) is 0 Å². The molecule has 0 atom stereocenters. The minimum absolute atomic E-state index is 0.138. The lowest BCUT2D eigenvalue weighted by molar-refractivity contribution is -0.117. The maximum atomic E-state index is 12.2. The van der Waals surface area contributed by atoms with Gasteiger partial charge in [0.15, 0.2) is 0 Å². The van der Waals surface area contributed by atoms with Crippen LogP contribution in [0, 0.1) is 12.8 Å². The number of hydrogen-bond acceptors (Lipinski definition) is 2. The Bertz CT molecular complexity index is 611. The average molecular weight is 271 g/mol. The van der Waals surface area contributed by atoms with Crippen LogP contribution in [0.15, 0.2) is 24.5 Å². The van der Waals surface area contributed by atoms with Gasteiger partial charge in [-0.25, -0.2) is 4.98 Å². The predicted octanol–water partition coefficient (Wildman–Crippen LogP) is 3.55. The van der Waals surface area contributed by atoms with Gasteiger partial charge in [-0.3, -0.25) is 4.79 Å². The molecule has 4 heteroatoms. The smallest absolute Gasteiger partial charge is 0.224 e. The summed E-state index contributed by atoms with van der Waals surface area (Å²) in [5.41, 5.74) is 2.82. The molecule has 1 aliphatic rings. The number of aryl methyl sites for hydroxylation is 1. The number of carbonyl (C=O) groups is 1. The van der Waals surface area contributed by atoms with E-state index < -0.39 is 0 Å². The van der Waals surface area contributed by atoms with E-state index in [0.717, 1.165) is 17.0 Å². The van der Waals surface area contributed by atoms with Gasteiger partial charge in [0.25, 0.3) is 0 Å². The van der Waals surface area contributed by atoms with E-state index in [-0.39, 0.29) is 5.91 Å². The van der Waals surface area contributed by atoms with Crippen molar-refractivity contribution in [1.82, 2.24) is 9.38 Å². The van der Waals surface area contributed by atoms with Gasteiger partial charge >= 0.3 is 0 Å². The summed E-state index contributed by atoms with van der Waals surface area (Å²) >= 11 is 0. The molecule has 2 aromatic rings. The Kier molecular flexibility index (Phi) is 3.72. The van der Waals surface area contributed by atoms with Gasteiger partial charge in [0, 0.05) is 24.5 Å². The van der Waals surface area contributed by atoms with E-state index >= 15 is 0 Å². The third-order valence-corrected chi connectivity index (χ3v) is 4.29. The maximum absolute atomic E-state index is 12.2. The predicted molar refractivity (Wildman–Crippen MR) is 79.8 cm³/mol. The molecule has 0 aromatic carbocycles. The normalized spacial score (nSPS) is 16.4. The monoisotopic (exact) mass is 271 g/mol. The fourth-order valence-electron chi connectivity index (χ4n) is 3.12. The van der Waals surface area contributed by atoms with Crippen LogP contribution in [-0.4, -0.2) is 15.3 Å². The van der Waals surface area contributed by atoms with Gasteiger partial charge in [-0.15, -0.1) is 0 Å². The van der Waals surface area contributed by atoms with Crippen molar-refractivity contribution in [2.24, 2.45) is 5.92 Å². The molecule has 0 bridgehead atoms. The zero-order chi connectivity index (χ0) is 13.9. The molecule has 1 aliphatic carbocycles. The molecule has 3 rings (SSSR count). The van der Waals surface area contributed by atoms with Gasteiger partial charge in [-0.1, -0.05) is 19.3 Å². The van der Waals surface area contributed by atoms with Crippen LogP contribution in [-0.2, 0) is 4.79 Å². The Morgan fingerprint density at radius 1 is 1.35 bits per heavy atom. The Labute approximate surface area is 119 Å². The molecule has 0 radical (unpaired) electrons. The van der Waals surface area contributed by atoms with E-state index in [4.69, 9.17) is 0 Å². The first-order chi connectivity index (χ1) is 9.74. The number of fused-ring (bicyclic) bond motifs is 1. The lowest BCUT2D eigenvalue weighted by atomic mass is 9.87. The molecule has 0 unspecified atom stereocenters. The first kappa shape index (κ1) is 13.2. The summed E-state index contributed by atoms with van der Waals surface area (Å²) in [5, 5.41) is 3.05. The fraction of sp³-hybridized carbons (Fsp3) is 0.500. The molecule has 2 aromatic heterocycles. The van der Waals surface area contributed by atoms with Crippen LogP contribution in [0.3, 0.4) is 0 Å². The van der Waals surface area contributed by atoms with Crippen molar-refractivity contribution >= 4 is 17.2 Å². The van der Waals surface area contributed by atoms with Crippen molar-refractivity contribution in [3.05, 3.63) is 30.2 Å². The standard InChI is InChI=1S/C16H21N3O/c1-12-14(7-8-15-17-9-10-19(12)15)18-16(20)11-13-5-3-2-4-6-13/h7-10,13H,2-6,11H2,1H3,(H,18,20).